The third-order valence-corrected chi connectivity index (χ3v) is 3.64. The van der Waals surface area contributed by atoms with Gasteiger partial charge in [-0.25, -0.2) is 4.79 Å². The van der Waals surface area contributed by atoms with Crippen LogP contribution in [-0.2, 0) is 11.3 Å². The van der Waals surface area contributed by atoms with Crippen LogP contribution in [0.15, 0.2) is 40.8 Å². The summed E-state index contributed by atoms with van der Waals surface area (Å²) in [5, 5.41) is 10.2. The number of carbonyl (C=O) groups is 1. The van der Waals surface area contributed by atoms with Gasteiger partial charge in [0.1, 0.15) is 37.3 Å². The topological polar surface area (TPSA) is 73.3 Å². The molecule has 0 radical (unpaired) electrons. The number of aliphatic hydroxyl groups excluding tert-OH is 1. The van der Waals surface area contributed by atoms with Crippen LogP contribution in [0.4, 0.5) is 0 Å². The number of benzene rings is 1. The molecule has 0 saturated carbocycles. The zero-order valence-electron chi connectivity index (χ0n) is 15.0. The van der Waals surface area contributed by atoms with Crippen molar-refractivity contribution in [3.05, 3.63) is 53.5 Å². The normalized spacial score (nSPS) is 13.3. The molecule has 0 aliphatic rings. The maximum absolute atomic E-state index is 11.7. The molecule has 1 aromatic heterocycles. The molecule has 1 aromatic carbocycles. The molecule has 6 nitrogen and oxygen atoms in total. The van der Waals surface area contributed by atoms with Crippen molar-refractivity contribution in [2.45, 2.75) is 26.5 Å². The highest BCUT2D eigenvalue weighted by Gasteiger charge is 2.15. The highest BCUT2D eigenvalue weighted by atomic mass is 16.5. The highest BCUT2D eigenvalue weighted by Crippen LogP contribution is 2.14. The van der Waals surface area contributed by atoms with Crippen LogP contribution in [0.25, 0.3) is 0 Å². The van der Waals surface area contributed by atoms with E-state index in [0.29, 0.717) is 31.0 Å². The van der Waals surface area contributed by atoms with Crippen LogP contribution in [-0.4, -0.2) is 44.0 Å². The molecule has 6 heteroatoms. The van der Waals surface area contributed by atoms with Gasteiger partial charge in [-0.05, 0) is 44.2 Å². The lowest BCUT2D eigenvalue weighted by Gasteiger charge is -2.17. The Bertz CT molecular complexity index is 682. The molecule has 0 saturated heterocycles. The first-order valence-electron chi connectivity index (χ1n) is 8.42. The Hall–Kier alpha value is -2.31. The molecular formula is C19H26NO5+. The summed E-state index contributed by atoms with van der Waals surface area (Å²) in [5.41, 5.74) is 0.435. The first-order chi connectivity index (χ1) is 12.0. The molecule has 136 valence electrons. The molecule has 1 unspecified atom stereocenters. The molecule has 2 atom stereocenters. The first-order valence-corrected chi connectivity index (χ1v) is 8.42. The molecular weight excluding hydrogens is 322 g/mol. The average Bonchev–Trinajstić information content (AvgIpc) is 2.98. The monoisotopic (exact) mass is 348 g/mol. The molecule has 0 aliphatic heterocycles. The van der Waals surface area contributed by atoms with Crippen LogP contribution in [0.2, 0.25) is 0 Å². The molecule has 0 aliphatic carbocycles. The quantitative estimate of drug-likeness (QED) is 0.667. The van der Waals surface area contributed by atoms with E-state index in [2.05, 4.69) is 0 Å². The minimum atomic E-state index is -0.623. The second kappa shape index (κ2) is 9.25. The van der Waals surface area contributed by atoms with E-state index in [1.807, 2.05) is 26.1 Å². The smallest absolute Gasteiger partial charge is 0.338 e. The SMILES string of the molecule is CCOC(=O)c1cccc(OC[C@H](O)C[NH+](C)Cc2ccc(C)o2)c1. The third kappa shape index (κ3) is 6.25. The van der Waals surface area contributed by atoms with Crippen LogP contribution >= 0.6 is 0 Å². The Morgan fingerprint density at radius 1 is 1.32 bits per heavy atom. The summed E-state index contributed by atoms with van der Waals surface area (Å²) in [6.45, 7) is 5.37. The van der Waals surface area contributed by atoms with E-state index in [0.717, 1.165) is 16.4 Å². The number of ether oxygens (including phenoxy) is 2. The van der Waals surface area contributed by atoms with Crippen molar-refractivity contribution in [3.63, 3.8) is 0 Å². The van der Waals surface area contributed by atoms with E-state index in [-0.39, 0.29) is 12.6 Å². The summed E-state index contributed by atoms with van der Waals surface area (Å²) >= 11 is 0. The standard InChI is InChI=1S/C19H25NO5/c1-4-23-19(22)15-6-5-7-17(10-15)24-13-16(21)11-20(3)12-18-9-8-14(2)25-18/h5-10,16,21H,4,11-13H2,1-3H3/p+1/t16-/m1/s1. The van der Waals surface area contributed by atoms with E-state index >= 15 is 0 Å². The maximum atomic E-state index is 11.7. The Kier molecular flexibility index (Phi) is 7.03. The van der Waals surface area contributed by atoms with Crippen molar-refractivity contribution in [1.82, 2.24) is 0 Å². The lowest BCUT2D eigenvalue weighted by molar-refractivity contribution is -0.898. The molecule has 2 N–H and O–H groups in total. The Labute approximate surface area is 148 Å². The molecule has 1 heterocycles. The summed E-state index contributed by atoms with van der Waals surface area (Å²) in [5.74, 6) is 1.92. The van der Waals surface area contributed by atoms with Crippen LogP contribution in [0.1, 0.15) is 28.8 Å². The van der Waals surface area contributed by atoms with Gasteiger partial charge in [-0.3, -0.25) is 0 Å². The largest absolute Gasteiger partial charge is 0.491 e. The minimum Gasteiger partial charge on any atom is -0.491 e. The molecule has 2 rings (SSSR count). The number of furan rings is 1. The number of aliphatic hydroxyl groups is 1. The van der Waals surface area contributed by atoms with Crippen molar-refractivity contribution < 1.29 is 28.7 Å². The lowest BCUT2D eigenvalue weighted by Crippen LogP contribution is -3.08. The van der Waals surface area contributed by atoms with Crippen molar-refractivity contribution in [2.75, 3.05) is 26.8 Å². The number of aryl methyl sites for hydroxylation is 1. The number of likely N-dealkylation sites (N-methyl/N-ethyl adjacent to an activating group) is 1. The molecule has 0 fully saturated rings. The fourth-order valence-corrected chi connectivity index (χ4v) is 2.53. The average molecular weight is 348 g/mol. The van der Waals surface area contributed by atoms with Gasteiger partial charge in [0.05, 0.1) is 19.2 Å². The van der Waals surface area contributed by atoms with Gasteiger partial charge in [0.15, 0.2) is 5.76 Å². The minimum absolute atomic E-state index is 0.154. The molecule has 25 heavy (non-hydrogen) atoms. The van der Waals surface area contributed by atoms with Gasteiger partial charge in [-0.2, -0.15) is 0 Å². The molecule has 0 bridgehead atoms. The van der Waals surface area contributed by atoms with Gasteiger partial charge < -0.3 is 23.9 Å². The first kappa shape index (κ1) is 19.0. The summed E-state index contributed by atoms with van der Waals surface area (Å²) in [6, 6.07) is 10.6. The van der Waals surface area contributed by atoms with Crippen molar-refractivity contribution >= 4 is 5.97 Å². The van der Waals surface area contributed by atoms with E-state index in [1.165, 1.54) is 0 Å². The Balaban J connectivity index is 1.80. The second-order valence-corrected chi connectivity index (χ2v) is 6.06. The van der Waals surface area contributed by atoms with E-state index in [1.54, 1.807) is 31.2 Å². The summed E-state index contributed by atoms with van der Waals surface area (Å²) < 4.78 is 16.1. The third-order valence-electron chi connectivity index (χ3n) is 3.64. The van der Waals surface area contributed by atoms with E-state index < -0.39 is 6.10 Å². The van der Waals surface area contributed by atoms with Crippen LogP contribution in [0.3, 0.4) is 0 Å². The highest BCUT2D eigenvalue weighted by molar-refractivity contribution is 5.89. The lowest BCUT2D eigenvalue weighted by atomic mass is 10.2. The maximum Gasteiger partial charge on any atom is 0.338 e. The summed E-state index contributed by atoms with van der Waals surface area (Å²) in [4.78, 5) is 12.8. The van der Waals surface area contributed by atoms with Crippen molar-refractivity contribution in [2.24, 2.45) is 0 Å². The number of hydrogen-bond acceptors (Lipinski definition) is 5. The van der Waals surface area contributed by atoms with Crippen LogP contribution < -0.4 is 9.64 Å². The number of nitrogens with one attached hydrogen (secondary N) is 1. The van der Waals surface area contributed by atoms with E-state index in [9.17, 15) is 9.90 Å². The van der Waals surface area contributed by atoms with Gasteiger partial charge in [0, 0.05) is 0 Å². The fraction of sp³-hybridized carbons (Fsp3) is 0.421. The van der Waals surface area contributed by atoms with Gasteiger partial charge in [-0.1, -0.05) is 6.07 Å². The number of hydrogen-bond donors (Lipinski definition) is 2. The van der Waals surface area contributed by atoms with Crippen LogP contribution in [0.5, 0.6) is 5.75 Å². The van der Waals surface area contributed by atoms with Gasteiger partial charge in [0.25, 0.3) is 0 Å². The predicted octanol–water partition coefficient (Wildman–Crippen LogP) is 1.22. The van der Waals surface area contributed by atoms with Gasteiger partial charge in [-0.15, -0.1) is 0 Å². The van der Waals surface area contributed by atoms with Gasteiger partial charge in [0.2, 0.25) is 0 Å². The number of carbonyl (C=O) groups excluding carboxylic acids is 1. The Morgan fingerprint density at radius 3 is 2.80 bits per heavy atom. The zero-order chi connectivity index (χ0) is 18.2. The number of esters is 1. The van der Waals surface area contributed by atoms with E-state index in [4.69, 9.17) is 13.9 Å². The van der Waals surface area contributed by atoms with Crippen molar-refractivity contribution in [3.8, 4) is 5.75 Å². The Morgan fingerprint density at radius 2 is 2.12 bits per heavy atom. The fourth-order valence-electron chi connectivity index (χ4n) is 2.53. The number of rotatable bonds is 9. The predicted molar refractivity (Wildman–Crippen MR) is 92.8 cm³/mol. The van der Waals surface area contributed by atoms with Crippen LogP contribution in [0, 0.1) is 6.92 Å². The van der Waals surface area contributed by atoms with Gasteiger partial charge >= 0.3 is 5.97 Å². The second-order valence-electron chi connectivity index (χ2n) is 6.06. The molecule has 2 aromatic rings. The number of quaternary nitrogens is 1. The van der Waals surface area contributed by atoms with Crippen molar-refractivity contribution in [1.29, 1.82) is 0 Å². The summed E-state index contributed by atoms with van der Waals surface area (Å²) in [7, 11) is 1.99. The zero-order valence-corrected chi connectivity index (χ0v) is 15.0. The molecule has 0 amide bonds. The summed E-state index contributed by atoms with van der Waals surface area (Å²) in [6.07, 6.45) is -0.623. The molecule has 0 spiro atoms.